The van der Waals surface area contributed by atoms with E-state index >= 15 is 0 Å². The molecule has 1 aliphatic heterocycles. The first-order valence-corrected chi connectivity index (χ1v) is 10.5. The number of hydrogen-bond donors (Lipinski definition) is 0. The molecule has 0 spiro atoms. The Labute approximate surface area is 188 Å². The number of thioether (sulfide) groups is 1. The molecule has 0 radical (unpaired) electrons. The summed E-state index contributed by atoms with van der Waals surface area (Å²) in [6.45, 7) is 7.06. The van der Waals surface area contributed by atoms with Gasteiger partial charge in [0.05, 0.1) is 5.02 Å². The monoisotopic (exact) mass is 477 g/mol. The van der Waals surface area contributed by atoms with Gasteiger partial charge in [0.25, 0.3) is 0 Å². The van der Waals surface area contributed by atoms with E-state index in [-0.39, 0.29) is 6.61 Å². The van der Waals surface area contributed by atoms with E-state index in [0.29, 0.717) is 14.9 Å². The zero-order valence-electron chi connectivity index (χ0n) is 16.5. The Hall–Kier alpha value is -1.81. The van der Waals surface area contributed by atoms with Crippen LogP contribution in [0, 0.1) is 0 Å². The Morgan fingerprint density at radius 1 is 1.10 bits per heavy atom. The largest absolute Gasteiger partial charge is 0.463 e. The number of aliphatic imine (C=N–C) groups is 1. The van der Waals surface area contributed by atoms with E-state index in [1.165, 1.54) is 32.5 Å². The predicted octanol–water partition coefficient (Wildman–Crippen LogP) is 3.31. The molecule has 0 saturated carbocycles. The van der Waals surface area contributed by atoms with Crippen LogP contribution in [0.15, 0.2) is 28.1 Å². The Morgan fingerprint density at radius 3 is 2.27 bits per heavy atom. The van der Waals surface area contributed by atoms with Crippen molar-refractivity contribution in [2.45, 2.75) is 55.5 Å². The second-order valence-corrected chi connectivity index (χ2v) is 8.34. The molecule has 0 N–H and O–H groups in total. The number of ether oxygens (including phenoxy) is 4. The molecule has 11 heteroatoms. The summed E-state index contributed by atoms with van der Waals surface area (Å²) < 4.78 is 21.9. The van der Waals surface area contributed by atoms with Crippen LogP contribution in [0.25, 0.3) is 0 Å². The van der Waals surface area contributed by atoms with Crippen molar-refractivity contribution >= 4 is 59.6 Å². The smallest absolute Gasteiger partial charge is 0.303 e. The molecule has 1 aromatic carbocycles. The van der Waals surface area contributed by atoms with Crippen LogP contribution >= 0.6 is 35.0 Å². The van der Waals surface area contributed by atoms with E-state index in [4.69, 9.17) is 42.1 Å². The molecule has 1 aromatic rings. The lowest BCUT2D eigenvalue weighted by Crippen LogP contribution is -2.59. The third kappa shape index (κ3) is 6.60. The van der Waals surface area contributed by atoms with Crippen molar-refractivity contribution in [2.75, 3.05) is 6.61 Å². The minimum atomic E-state index is -0.985. The molecule has 1 aliphatic rings. The molecule has 0 aromatic heterocycles. The molecular weight excluding hydrogens is 457 g/mol. The van der Waals surface area contributed by atoms with Gasteiger partial charge in [0.1, 0.15) is 24.2 Å². The van der Waals surface area contributed by atoms with Crippen LogP contribution in [0.3, 0.4) is 0 Å². The minimum absolute atomic E-state index is 0.197. The Morgan fingerprint density at radius 2 is 1.73 bits per heavy atom. The molecule has 164 valence electrons. The minimum Gasteiger partial charge on any atom is -0.463 e. The molecule has 1 saturated heterocycles. The van der Waals surface area contributed by atoms with Crippen molar-refractivity contribution in [3.05, 3.63) is 28.2 Å². The molecule has 1 heterocycles. The van der Waals surface area contributed by atoms with Gasteiger partial charge in [0.15, 0.2) is 12.2 Å². The third-order valence-corrected chi connectivity index (χ3v) is 5.90. The Kier molecular flexibility index (Phi) is 8.96. The highest BCUT2D eigenvalue weighted by atomic mass is 35.5. The third-order valence-electron chi connectivity index (χ3n) is 4.02. The van der Waals surface area contributed by atoms with Crippen LogP contribution in [0.2, 0.25) is 10.0 Å². The maximum absolute atomic E-state index is 11.7. The Balaban J connectivity index is 2.40. The maximum Gasteiger partial charge on any atom is 0.303 e. The lowest BCUT2D eigenvalue weighted by atomic mass is 9.97. The van der Waals surface area contributed by atoms with E-state index in [2.05, 4.69) is 11.7 Å². The number of benzene rings is 1. The van der Waals surface area contributed by atoms with Gasteiger partial charge in [-0.2, -0.15) is 0 Å². The first-order valence-electron chi connectivity index (χ1n) is 8.83. The summed E-state index contributed by atoms with van der Waals surface area (Å²) >= 11 is 13.4. The van der Waals surface area contributed by atoms with Gasteiger partial charge < -0.3 is 18.9 Å². The van der Waals surface area contributed by atoms with Crippen LogP contribution in [-0.4, -0.2) is 61.0 Å². The molecule has 1 fully saturated rings. The second-order valence-electron chi connectivity index (χ2n) is 6.36. The molecular formula is C19H21Cl2NO7S. The number of carbonyl (C=O) groups is 3. The standard InChI is InChI=1S/C19H21Cl2NO7S/c1-9(23)26-8-14-17(27-10(2)24)16(22-4)18(28-11(3)25)19(29-14)30-15-6-5-12(20)7-13(15)21/h5-7,14,16-19H,4,8H2,1-3H3/t14?,16?,17-,18?,19+/m0/s1. The van der Waals surface area contributed by atoms with Gasteiger partial charge >= 0.3 is 17.9 Å². The Bertz CT molecular complexity index is 822. The highest BCUT2D eigenvalue weighted by molar-refractivity contribution is 8.00. The van der Waals surface area contributed by atoms with E-state index < -0.39 is 47.7 Å². The van der Waals surface area contributed by atoms with E-state index in [1.807, 2.05) is 0 Å². The maximum atomic E-state index is 11.7. The fourth-order valence-electron chi connectivity index (χ4n) is 2.88. The normalized spacial score (nSPS) is 25.8. The first-order chi connectivity index (χ1) is 14.1. The van der Waals surface area contributed by atoms with E-state index in [9.17, 15) is 14.4 Å². The number of esters is 3. The summed E-state index contributed by atoms with van der Waals surface area (Å²) in [5, 5.41) is 0.832. The van der Waals surface area contributed by atoms with Crippen LogP contribution in [0.4, 0.5) is 0 Å². The van der Waals surface area contributed by atoms with Gasteiger partial charge in [0.2, 0.25) is 0 Å². The van der Waals surface area contributed by atoms with Crippen molar-refractivity contribution < 1.29 is 33.3 Å². The first kappa shape index (κ1) is 24.5. The second kappa shape index (κ2) is 11.0. The number of halogens is 2. The van der Waals surface area contributed by atoms with E-state index in [0.717, 1.165) is 0 Å². The average Bonchev–Trinajstić information content (AvgIpc) is 2.63. The molecule has 8 nitrogen and oxygen atoms in total. The molecule has 5 atom stereocenters. The van der Waals surface area contributed by atoms with Gasteiger partial charge in [-0.05, 0) is 24.9 Å². The highest BCUT2D eigenvalue weighted by Crippen LogP contribution is 2.40. The number of rotatable bonds is 7. The van der Waals surface area contributed by atoms with Crippen LogP contribution in [0.5, 0.6) is 0 Å². The summed E-state index contributed by atoms with van der Waals surface area (Å²) in [7, 11) is 0. The lowest BCUT2D eigenvalue weighted by molar-refractivity contribution is -0.200. The van der Waals surface area contributed by atoms with Crippen LogP contribution in [0.1, 0.15) is 20.8 Å². The fraction of sp³-hybridized carbons (Fsp3) is 0.474. The lowest BCUT2D eigenvalue weighted by Gasteiger charge is -2.43. The fourth-order valence-corrected chi connectivity index (χ4v) is 4.54. The zero-order chi connectivity index (χ0) is 22.4. The molecule has 3 unspecified atom stereocenters. The van der Waals surface area contributed by atoms with Crippen molar-refractivity contribution in [1.82, 2.24) is 0 Å². The van der Waals surface area contributed by atoms with Gasteiger partial charge in [-0.25, -0.2) is 0 Å². The summed E-state index contributed by atoms with van der Waals surface area (Å²) in [6, 6.07) is 4.05. The van der Waals surface area contributed by atoms with Gasteiger partial charge in [-0.15, -0.1) is 0 Å². The number of nitrogens with zero attached hydrogens (tertiary/aromatic N) is 1. The molecule has 0 aliphatic carbocycles. The van der Waals surface area contributed by atoms with Crippen molar-refractivity contribution in [2.24, 2.45) is 4.99 Å². The van der Waals surface area contributed by atoms with Gasteiger partial charge in [0, 0.05) is 30.7 Å². The predicted molar refractivity (Wildman–Crippen MR) is 112 cm³/mol. The van der Waals surface area contributed by atoms with Crippen molar-refractivity contribution in [3.63, 3.8) is 0 Å². The molecule has 2 rings (SSSR count). The summed E-state index contributed by atoms with van der Waals surface area (Å²) in [5.41, 5.74) is -0.810. The number of carbonyl (C=O) groups excluding carboxylic acids is 3. The summed E-state index contributed by atoms with van der Waals surface area (Å²) in [6.07, 6.45) is -2.81. The highest BCUT2D eigenvalue weighted by Gasteiger charge is 2.50. The zero-order valence-corrected chi connectivity index (χ0v) is 18.8. The van der Waals surface area contributed by atoms with Crippen LogP contribution < -0.4 is 0 Å². The molecule has 0 amide bonds. The average molecular weight is 478 g/mol. The topological polar surface area (TPSA) is 100 Å². The quantitative estimate of drug-likeness (QED) is 0.334. The van der Waals surface area contributed by atoms with Crippen molar-refractivity contribution in [3.8, 4) is 0 Å². The number of hydrogen-bond acceptors (Lipinski definition) is 9. The van der Waals surface area contributed by atoms with E-state index in [1.54, 1.807) is 18.2 Å². The van der Waals surface area contributed by atoms with Crippen LogP contribution in [-0.2, 0) is 33.3 Å². The van der Waals surface area contributed by atoms with Crippen molar-refractivity contribution in [1.29, 1.82) is 0 Å². The molecule has 0 bridgehead atoms. The van der Waals surface area contributed by atoms with Gasteiger partial charge in [-0.1, -0.05) is 35.0 Å². The molecule has 30 heavy (non-hydrogen) atoms. The summed E-state index contributed by atoms with van der Waals surface area (Å²) in [5.74, 6) is -1.71. The SMILES string of the molecule is C=NC1C(OC(C)=O)[C@@H](Sc2ccc(Cl)cc2Cl)OC(COC(C)=O)[C@@H]1OC(C)=O. The summed E-state index contributed by atoms with van der Waals surface area (Å²) in [4.78, 5) is 39.3. The van der Waals surface area contributed by atoms with Gasteiger partial charge in [-0.3, -0.25) is 19.4 Å².